The van der Waals surface area contributed by atoms with Gasteiger partial charge >= 0.3 is 12.2 Å². The third-order valence-electron chi connectivity index (χ3n) is 5.73. The number of hydrogen-bond donors (Lipinski definition) is 2. The number of methoxy groups -OCH3 is 1. The van der Waals surface area contributed by atoms with E-state index in [1.165, 1.54) is 6.08 Å². The Labute approximate surface area is 211 Å². The Balaban J connectivity index is 2.56. The van der Waals surface area contributed by atoms with Crippen LogP contribution < -0.4 is 10.6 Å². The standard InChI is InChI=1S/C26H27F5N2O4/c1-18(12-22(10-11-27)37-26(30,31)16-28)25(33-17-34,14-19-6-4-3-5-7-19)21-8-9-23(29)20(13-21)15-32-24(35)36-2/h3-12,17,21H,1,13-16H2,2H3,(H,32,35)(H,33,34)/t21?,25-/m0/s1. The van der Waals surface area contributed by atoms with Crippen molar-refractivity contribution < 1.29 is 41.0 Å². The molecule has 1 aliphatic rings. The van der Waals surface area contributed by atoms with E-state index in [0.717, 1.165) is 19.3 Å². The Morgan fingerprint density at radius 3 is 2.57 bits per heavy atom. The predicted molar refractivity (Wildman–Crippen MR) is 127 cm³/mol. The van der Waals surface area contributed by atoms with Gasteiger partial charge in [-0.2, -0.15) is 8.78 Å². The van der Waals surface area contributed by atoms with Gasteiger partial charge in [-0.1, -0.05) is 43.0 Å². The van der Waals surface area contributed by atoms with E-state index in [0.29, 0.717) is 18.0 Å². The summed E-state index contributed by atoms with van der Waals surface area (Å²) >= 11 is 0. The van der Waals surface area contributed by atoms with Crippen LogP contribution >= 0.6 is 0 Å². The molecule has 2 atom stereocenters. The molecule has 0 fully saturated rings. The molecule has 1 aliphatic carbocycles. The SMILES string of the molecule is C=C(C=C(C=CF)OC(F)(F)CF)[C@](Cc1ccccc1)(NC=O)C1C=CC(F)=C(CNC(=O)OC)C1. The number of hydrogen-bond acceptors (Lipinski definition) is 4. The summed E-state index contributed by atoms with van der Waals surface area (Å²) in [6.07, 6.45) is -0.570. The van der Waals surface area contributed by atoms with Crippen LogP contribution in [-0.2, 0) is 20.7 Å². The zero-order chi connectivity index (χ0) is 27.5. The van der Waals surface area contributed by atoms with Gasteiger partial charge in [-0.15, -0.1) is 0 Å². The fourth-order valence-corrected chi connectivity index (χ4v) is 3.93. The number of alkyl carbamates (subject to hydrolysis) is 1. The van der Waals surface area contributed by atoms with E-state index >= 15 is 0 Å². The molecule has 0 saturated heterocycles. The molecule has 1 aromatic carbocycles. The number of halogens is 5. The summed E-state index contributed by atoms with van der Waals surface area (Å²) in [5.41, 5.74) is -0.602. The van der Waals surface area contributed by atoms with Gasteiger partial charge in [-0.25, -0.2) is 18.0 Å². The second kappa shape index (κ2) is 13.4. The molecule has 0 aromatic heterocycles. The van der Waals surface area contributed by atoms with E-state index in [1.807, 2.05) is 0 Å². The van der Waals surface area contributed by atoms with Gasteiger partial charge in [-0.05, 0) is 35.3 Å². The molecule has 0 radical (unpaired) electrons. The Kier molecular flexibility index (Phi) is 10.6. The molecule has 37 heavy (non-hydrogen) atoms. The van der Waals surface area contributed by atoms with Crippen molar-refractivity contribution in [3.8, 4) is 0 Å². The minimum atomic E-state index is -4.24. The number of alkyl halides is 3. The maximum Gasteiger partial charge on any atom is 0.427 e. The molecule has 1 aromatic rings. The molecule has 0 spiro atoms. The first-order valence-electron chi connectivity index (χ1n) is 11.0. The van der Waals surface area contributed by atoms with Crippen LogP contribution in [0, 0.1) is 5.92 Å². The van der Waals surface area contributed by atoms with Crippen LogP contribution in [0.2, 0.25) is 0 Å². The number of allylic oxidation sites excluding steroid dienone is 3. The smallest absolute Gasteiger partial charge is 0.427 e. The van der Waals surface area contributed by atoms with E-state index in [9.17, 15) is 31.5 Å². The van der Waals surface area contributed by atoms with Gasteiger partial charge in [0.15, 0.2) is 6.67 Å². The van der Waals surface area contributed by atoms with Gasteiger partial charge < -0.3 is 20.1 Å². The fraction of sp³-hybridized carbons (Fsp3) is 0.308. The summed E-state index contributed by atoms with van der Waals surface area (Å²) in [6, 6.07) is 8.74. The molecule has 0 aliphatic heterocycles. The lowest BCUT2D eigenvalue weighted by Crippen LogP contribution is -2.54. The van der Waals surface area contributed by atoms with E-state index < -0.39 is 41.9 Å². The first-order chi connectivity index (χ1) is 17.6. The summed E-state index contributed by atoms with van der Waals surface area (Å²) in [7, 11) is 1.15. The zero-order valence-electron chi connectivity index (χ0n) is 20.0. The van der Waals surface area contributed by atoms with Crippen LogP contribution in [0.5, 0.6) is 0 Å². The molecule has 11 heteroatoms. The van der Waals surface area contributed by atoms with Crippen molar-refractivity contribution >= 4 is 12.5 Å². The number of rotatable bonds is 13. The molecule has 2 N–H and O–H groups in total. The molecule has 200 valence electrons. The van der Waals surface area contributed by atoms with Crippen molar-refractivity contribution in [2.45, 2.75) is 24.5 Å². The molecular weight excluding hydrogens is 499 g/mol. The maximum atomic E-state index is 14.6. The summed E-state index contributed by atoms with van der Waals surface area (Å²) in [6.45, 7) is 1.56. The first kappa shape index (κ1) is 29.3. The Bertz CT molecular complexity index is 1090. The van der Waals surface area contributed by atoms with Crippen molar-refractivity contribution in [2.75, 3.05) is 20.3 Å². The Morgan fingerprint density at radius 2 is 1.97 bits per heavy atom. The molecular formula is C26H27F5N2O4. The monoisotopic (exact) mass is 526 g/mol. The largest absolute Gasteiger partial charge is 0.453 e. The third-order valence-corrected chi connectivity index (χ3v) is 5.73. The topological polar surface area (TPSA) is 76.7 Å². The molecule has 2 amide bonds. The second-order valence-electron chi connectivity index (χ2n) is 8.10. The van der Waals surface area contributed by atoms with Crippen LogP contribution in [0.25, 0.3) is 0 Å². The number of nitrogens with one attached hydrogen (secondary N) is 2. The predicted octanol–water partition coefficient (Wildman–Crippen LogP) is 5.37. The minimum Gasteiger partial charge on any atom is -0.453 e. The number of amides is 2. The zero-order valence-corrected chi connectivity index (χ0v) is 20.0. The van der Waals surface area contributed by atoms with E-state index in [4.69, 9.17) is 0 Å². The molecule has 0 heterocycles. The van der Waals surface area contributed by atoms with Crippen molar-refractivity contribution in [2.24, 2.45) is 5.92 Å². The van der Waals surface area contributed by atoms with E-state index in [-0.39, 0.29) is 36.9 Å². The second-order valence-corrected chi connectivity index (χ2v) is 8.10. The molecule has 6 nitrogen and oxygen atoms in total. The van der Waals surface area contributed by atoms with Gasteiger partial charge in [0.2, 0.25) is 6.41 Å². The van der Waals surface area contributed by atoms with Gasteiger partial charge in [0.25, 0.3) is 0 Å². The van der Waals surface area contributed by atoms with Crippen molar-refractivity contribution in [1.82, 2.24) is 10.6 Å². The van der Waals surface area contributed by atoms with Crippen LogP contribution in [0.15, 0.2) is 90.3 Å². The average Bonchev–Trinajstić information content (AvgIpc) is 2.88. The molecule has 1 unspecified atom stereocenters. The molecule has 0 saturated carbocycles. The highest BCUT2D eigenvalue weighted by atomic mass is 19.3. The summed E-state index contributed by atoms with van der Waals surface area (Å²) < 4.78 is 76.3. The number of carbonyl (C=O) groups is 2. The lowest BCUT2D eigenvalue weighted by molar-refractivity contribution is -0.219. The first-order valence-corrected chi connectivity index (χ1v) is 11.0. The van der Waals surface area contributed by atoms with Crippen LogP contribution in [0.1, 0.15) is 12.0 Å². The average molecular weight is 527 g/mol. The maximum absolute atomic E-state index is 14.6. The van der Waals surface area contributed by atoms with Crippen LogP contribution in [0.3, 0.4) is 0 Å². The van der Waals surface area contributed by atoms with Crippen molar-refractivity contribution in [1.29, 1.82) is 0 Å². The summed E-state index contributed by atoms with van der Waals surface area (Å²) in [5.74, 6) is -2.08. The summed E-state index contributed by atoms with van der Waals surface area (Å²) in [4.78, 5) is 23.3. The van der Waals surface area contributed by atoms with Crippen molar-refractivity contribution in [3.63, 3.8) is 0 Å². The number of benzene rings is 1. The Morgan fingerprint density at radius 1 is 1.27 bits per heavy atom. The van der Waals surface area contributed by atoms with Gasteiger partial charge in [0.05, 0.1) is 19.0 Å². The molecule has 0 bridgehead atoms. The van der Waals surface area contributed by atoms with E-state index in [2.05, 4.69) is 26.7 Å². The third kappa shape index (κ3) is 8.06. The molecule has 2 rings (SSSR count). The number of ether oxygens (including phenoxy) is 2. The highest BCUT2D eigenvalue weighted by molar-refractivity contribution is 5.67. The Hall–Kier alpha value is -3.89. The quantitative estimate of drug-likeness (QED) is 0.157. The van der Waals surface area contributed by atoms with Crippen molar-refractivity contribution in [3.05, 3.63) is 95.8 Å². The van der Waals surface area contributed by atoms with Crippen LogP contribution in [0.4, 0.5) is 26.7 Å². The van der Waals surface area contributed by atoms with Crippen LogP contribution in [-0.4, -0.2) is 44.5 Å². The highest BCUT2D eigenvalue weighted by Crippen LogP contribution is 2.39. The van der Waals surface area contributed by atoms with Gasteiger partial charge in [0, 0.05) is 25.0 Å². The fourth-order valence-electron chi connectivity index (χ4n) is 3.93. The minimum absolute atomic E-state index is 0.0107. The summed E-state index contributed by atoms with van der Waals surface area (Å²) in [5, 5.41) is 5.07. The lowest BCUT2D eigenvalue weighted by atomic mass is 9.70. The number of carbonyl (C=O) groups excluding carboxylic acids is 2. The highest BCUT2D eigenvalue weighted by Gasteiger charge is 2.42. The van der Waals surface area contributed by atoms with Gasteiger partial charge in [-0.3, -0.25) is 4.79 Å². The lowest BCUT2D eigenvalue weighted by Gasteiger charge is -2.42. The van der Waals surface area contributed by atoms with Gasteiger partial charge in [0.1, 0.15) is 11.6 Å². The van der Waals surface area contributed by atoms with E-state index in [1.54, 1.807) is 30.3 Å². The normalized spacial score (nSPS) is 17.8.